The van der Waals surface area contributed by atoms with Gasteiger partial charge in [0.25, 0.3) is 0 Å². The Morgan fingerprint density at radius 1 is 1.29 bits per heavy atom. The van der Waals surface area contributed by atoms with E-state index in [2.05, 4.69) is 35.9 Å². The van der Waals surface area contributed by atoms with Gasteiger partial charge in [0.1, 0.15) is 0 Å². The van der Waals surface area contributed by atoms with Crippen LogP contribution in [0.25, 0.3) is 0 Å². The molecule has 0 aromatic heterocycles. The van der Waals surface area contributed by atoms with Gasteiger partial charge in [-0.2, -0.15) is 0 Å². The molecule has 1 aliphatic carbocycles. The highest BCUT2D eigenvalue weighted by Gasteiger charge is 2.25. The van der Waals surface area contributed by atoms with Crippen LogP contribution in [0.2, 0.25) is 0 Å². The number of nitrogens with one attached hydrogen (secondary N) is 2. The smallest absolute Gasteiger partial charge is 0.0358 e. The van der Waals surface area contributed by atoms with Crippen molar-refractivity contribution in [2.24, 2.45) is 5.92 Å². The Hall–Kier alpha value is -0.860. The van der Waals surface area contributed by atoms with Gasteiger partial charge in [-0.3, -0.25) is 0 Å². The maximum atomic E-state index is 3.51. The van der Waals surface area contributed by atoms with E-state index in [1.807, 2.05) is 0 Å². The molecule has 0 amide bonds. The Labute approximate surface area is 104 Å². The Balaban J connectivity index is 1.85. The lowest BCUT2D eigenvalue weighted by Gasteiger charge is -2.23. The molecular weight excluding hydrogens is 208 g/mol. The van der Waals surface area contributed by atoms with Crippen molar-refractivity contribution in [1.82, 2.24) is 10.6 Å². The average Bonchev–Trinajstić information content (AvgIpc) is 2.99. The highest BCUT2D eigenvalue weighted by molar-refractivity contribution is 5.36. The van der Waals surface area contributed by atoms with Gasteiger partial charge >= 0.3 is 0 Å². The summed E-state index contributed by atoms with van der Waals surface area (Å²) in [5.41, 5.74) is 4.66. The molecular formula is C15H22N2. The molecule has 3 rings (SSSR count). The number of rotatable bonds is 3. The van der Waals surface area contributed by atoms with Crippen molar-refractivity contribution in [3.05, 3.63) is 34.9 Å². The molecule has 2 unspecified atom stereocenters. The maximum absolute atomic E-state index is 3.51. The van der Waals surface area contributed by atoms with E-state index in [0.717, 1.165) is 12.5 Å². The third kappa shape index (κ3) is 2.12. The average molecular weight is 230 g/mol. The number of hydrogen-bond acceptors (Lipinski definition) is 2. The fraction of sp³-hybridized carbons (Fsp3) is 0.600. The minimum Gasteiger partial charge on any atom is -0.316 e. The highest BCUT2D eigenvalue weighted by Crippen LogP contribution is 2.30. The molecule has 2 nitrogen and oxygen atoms in total. The summed E-state index contributed by atoms with van der Waals surface area (Å²) in [6, 6.07) is 7.66. The zero-order valence-electron chi connectivity index (χ0n) is 10.6. The van der Waals surface area contributed by atoms with E-state index in [1.54, 1.807) is 11.1 Å². The van der Waals surface area contributed by atoms with Crippen LogP contribution in [0.5, 0.6) is 0 Å². The van der Waals surface area contributed by atoms with Gasteiger partial charge in [-0.15, -0.1) is 0 Å². The van der Waals surface area contributed by atoms with Crippen molar-refractivity contribution >= 4 is 0 Å². The lowest BCUT2D eigenvalue weighted by Crippen LogP contribution is -2.27. The van der Waals surface area contributed by atoms with Gasteiger partial charge in [0, 0.05) is 6.04 Å². The first-order chi connectivity index (χ1) is 8.38. The first-order valence-electron chi connectivity index (χ1n) is 6.88. The summed E-state index contributed by atoms with van der Waals surface area (Å²) in [6.07, 6.45) is 5.20. The second kappa shape index (κ2) is 4.79. The number of fused-ring (bicyclic) bond motifs is 1. The number of hydrogen-bond donors (Lipinski definition) is 2. The van der Waals surface area contributed by atoms with Crippen LogP contribution < -0.4 is 10.6 Å². The molecule has 2 heteroatoms. The van der Waals surface area contributed by atoms with Gasteiger partial charge < -0.3 is 10.6 Å². The SMILES string of the molecule is CNC(c1ccc2c(c1)CCC2)C1CCNC1. The molecule has 1 saturated heterocycles. The van der Waals surface area contributed by atoms with Crippen molar-refractivity contribution in [1.29, 1.82) is 0 Å². The van der Waals surface area contributed by atoms with Crippen LogP contribution in [0, 0.1) is 5.92 Å². The topological polar surface area (TPSA) is 24.1 Å². The van der Waals surface area contributed by atoms with Crippen LogP contribution in [-0.4, -0.2) is 20.1 Å². The summed E-state index contributed by atoms with van der Waals surface area (Å²) in [5, 5.41) is 6.98. The van der Waals surface area contributed by atoms with Gasteiger partial charge in [-0.1, -0.05) is 18.2 Å². The minimum absolute atomic E-state index is 0.524. The molecule has 1 heterocycles. The molecule has 0 saturated carbocycles. The van der Waals surface area contributed by atoms with Gasteiger partial charge in [0.15, 0.2) is 0 Å². The molecule has 1 aromatic rings. The minimum atomic E-state index is 0.524. The first-order valence-corrected chi connectivity index (χ1v) is 6.88. The molecule has 2 aliphatic rings. The van der Waals surface area contributed by atoms with Gasteiger partial charge in [-0.05, 0) is 68.4 Å². The van der Waals surface area contributed by atoms with Crippen molar-refractivity contribution in [2.75, 3.05) is 20.1 Å². The van der Waals surface area contributed by atoms with Crippen LogP contribution in [0.1, 0.15) is 35.6 Å². The lowest BCUT2D eigenvalue weighted by molar-refractivity contribution is 0.410. The molecule has 0 bridgehead atoms. The number of aryl methyl sites for hydroxylation is 2. The summed E-state index contributed by atoms with van der Waals surface area (Å²) in [6.45, 7) is 2.33. The highest BCUT2D eigenvalue weighted by atomic mass is 15.0. The molecule has 1 fully saturated rings. The Morgan fingerprint density at radius 2 is 2.18 bits per heavy atom. The van der Waals surface area contributed by atoms with E-state index < -0.39 is 0 Å². The Bertz CT molecular complexity index is 394. The van der Waals surface area contributed by atoms with Crippen LogP contribution in [0.15, 0.2) is 18.2 Å². The largest absolute Gasteiger partial charge is 0.316 e. The van der Waals surface area contributed by atoms with E-state index >= 15 is 0 Å². The predicted octanol–water partition coefficient (Wildman–Crippen LogP) is 2.05. The summed E-state index contributed by atoms with van der Waals surface area (Å²) < 4.78 is 0. The molecule has 2 N–H and O–H groups in total. The molecule has 2 atom stereocenters. The third-order valence-corrected chi connectivity index (χ3v) is 4.36. The van der Waals surface area contributed by atoms with E-state index in [9.17, 15) is 0 Å². The van der Waals surface area contributed by atoms with Crippen molar-refractivity contribution < 1.29 is 0 Å². The van der Waals surface area contributed by atoms with Crippen LogP contribution in [0.4, 0.5) is 0 Å². The van der Waals surface area contributed by atoms with Crippen molar-refractivity contribution in [3.8, 4) is 0 Å². The second-order valence-electron chi connectivity index (χ2n) is 5.40. The van der Waals surface area contributed by atoms with E-state index in [-0.39, 0.29) is 0 Å². The normalized spacial score (nSPS) is 24.9. The first kappa shape index (κ1) is 11.2. The maximum Gasteiger partial charge on any atom is 0.0358 e. The Morgan fingerprint density at radius 3 is 2.94 bits per heavy atom. The van der Waals surface area contributed by atoms with Gasteiger partial charge in [0.2, 0.25) is 0 Å². The summed E-state index contributed by atoms with van der Waals surface area (Å²) in [7, 11) is 2.09. The van der Waals surface area contributed by atoms with E-state index in [4.69, 9.17) is 0 Å². The monoisotopic (exact) mass is 230 g/mol. The van der Waals surface area contributed by atoms with Crippen LogP contribution >= 0.6 is 0 Å². The molecule has 0 radical (unpaired) electrons. The zero-order chi connectivity index (χ0) is 11.7. The van der Waals surface area contributed by atoms with Crippen molar-refractivity contribution in [2.45, 2.75) is 31.7 Å². The molecule has 1 aliphatic heterocycles. The number of benzene rings is 1. The summed E-state index contributed by atoms with van der Waals surface area (Å²) in [5.74, 6) is 0.749. The molecule has 92 valence electrons. The van der Waals surface area contributed by atoms with Crippen molar-refractivity contribution in [3.63, 3.8) is 0 Å². The quantitative estimate of drug-likeness (QED) is 0.830. The fourth-order valence-electron chi connectivity index (χ4n) is 3.42. The zero-order valence-corrected chi connectivity index (χ0v) is 10.6. The van der Waals surface area contributed by atoms with Crippen LogP contribution in [0.3, 0.4) is 0 Å². The van der Waals surface area contributed by atoms with Gasteiger partial charge in [0.05, 0.1) is 0 Å². The van der Waals surface area contributed by atoms with E-state index in [0.29, 0.717) is 6.04 Å². The molecule has 1 aromatic carbocycles. The third-order valence-electron chi connectivity index (χ3n) is 4.36. The second-order valence-corrected chi connectivity index (χ2v) is 5.40. The molecule has 17 heavy (non-hydrogen) atoms. The van der Waals surface area contributed by atoms with E-state index in [1.165, 1.54) is 37.8 Å². The molecule has 0 spiro atoms. The Kier molecular flexibility index (Phi) is 3.17. The fourth-order valence-corrected chi connectivity index (χ4v) is 3.42. The predicted molar refractivity (Wildman–Crippen MR) is 71.2 cm³/mol. The standard InChI is InChI=1S/C15H22N2/c1-16-15(14-7-8-17-10-14)13-6-5-11-3-2-4-12(11)9-13/h5-6,9,14-17H,2-4,7-8,10H2,1H3. The summed E-state index contributed by atoms with van der Waals surface area (Å²) >= 11 is 0. The van der Waals surface area contributed by atoms with Gasteiger partial charge in [-0.25, -0.2) is 0 Å². The lowest BCUT2D eigenvalue weighted by atomic mass is 9.90. The summed E-state index contributed by atoms with van der Waals surface area (Å²) in [4.78, 5) is 0. The van der Waals surface area contributed by atoms with Crippen LogP contribution in [-0.2, 0) is 12.8 Å².